The number of ether oxygens (including phenoxy) is 1. The SMILES string of the molecule is Cl.O=C(COc1ccc(Br)cc1)NCC1CNC1. The van der Waals surface area contributed by atoms with E-state index in [1.165, 1.54) is 0 Å². The zero-order valence-electron chi connectivity index (χ0n) is 9.82. The number of carbonyl (C=O) groups is 1. The molecule has 1 fully saturated rings. The number of hydrogen-bond acceptors (Lipinski definition) is 3. The molecule has 2 N–H and O–H groups in total. The van der Waals surface area contributed by atoms with Crippen molar-refractivity contribution >= 4 is 34.2 Å². The molecule has 0 spiro atoms. The molecule has 1 aromatic carbocycles. The lowest BCUT2D eigenvalue weighted by atomic mass is 10.0. The molecule has 18 heavy (non-hydrogen) atoms. The van der Waals surface area contributed by atoms with Crippen LogP contribution in [0.2, 0.25) is 0 Å². The minimum absolute atomic E-state index is 0. The average Bonchev–Trinajstić information content (AvgIpc) is 2.26. The van der Waals surface area contributed by atoms with Crippen LogP contribution in [0.1, 0.15) is 0 Å². The Labute approximate surface area is 121 Å². The van der Waals surface area contributed by atoms with Crippen LogP contribution in [0.5, 0.6) is 5.75 Å². The van der Waals surface area contributed by atoms with E-state index in [1.54, 1.807) is 0 Å². The molecule has 0 radical (unpaired) electrons. The summed E-state index contributed by atoms with van der Waals surface area (Å²) in [6.45, 7) is 2.79. The molecule has 0 aliphatic carbocycles. The van der Waals surface area contributed by atoms with Crippen LogP contribution < -0.4 is 15.4 Å². The summed E-state index contributed by atoms with van der Waals surface area (Å²) in [4.78, 5) is 11.5. The third-order valence-electron chi connectivity index (χ3n) is 2.64. The van der Waals surface area contributed by atoms with Crippen LogP contribution in [0.25, 0.3) is 0 Å². The van der Waals surface area contributed by atoms with E-state index in [4.69, 9.17) is 4.74 Å². The molecule has 1 aliphatic heterocycles. The lowest BCUT2D eigenvalue weighted by molar-refractivity contribution is -0.123. The second-order valence-electron chi connectivity index (χ2n) is 4.07. The fourth-order valence-electron chi connectivity index (χ4n) is 1.48. The van der Waals surface area contributed by atoms with Crippen molar-refractivity contribution in [3.63, 3.8) is 0 Å². The zero-order chi connectivity index (χ0) is 12.1. The molecule has 1 aliphatic rings. The quantitative estimate of drug-likeness (QED) is 0.859. The van der Waals surface area contributed by atoms with E-state index >= 15 is 0 Å². The molecule has 2 rings (SSSR count). The maximum Gasteiger partial charge on any atom is 0.257 e. The van der Waals surface area contributed by atoms with E-state index in [9.17, 15) is 4.79 Å². The summed E-state index contributed by atoms with van der Waals surface area (Å²) in [5.41, 5.74) is 0. The first-order valence-corrected chi connectivity index (χ1v) is 6.39. The number of benzene rings is 1. The molecule has 1 amide bonds. The van der Waals surface area contributed by atoms with Gasteiger partial charge < -0.3 is 15.4 Å². The van der Waals surface area contributed by atoms with Gasteiger partial charge in [-0.05, 0) is 24.3 Å². The van der Waals surface area contributed by atoms with Gasteiger partial charge in [-0.1, -0.05) is 15.9 Å². The molecule has 0 aromatic heterocycles. The maximum atomic E-state index is 11.5. The minimum atomic E-state index is -0.0696. The van der Waals surface area contributed by atoms with Crippen molar-refractivity contribution in [3.05, 3.63) is 28.7 Å². The van der Waals surface area contributed by atoms with Crippen LogP contribution in [-0.4, -0.2) is 32.1 Å². The number of carbonyl (C=O) groups excluding carboxylic acids is 1. The van der Waals surface area contributed by atoms with Crippen molar-refractivity contribution in [2.24, 2.45) is 5.92 Å². The summed E-state index contributed by atoms with van der Waals surface area (Å²) in [6.07, 6.45) is 0. The van der Waals surface area contributed by atoms with Crippen molar-refractivity contribution < 1.29 is 9.53 Å². The normalized spacial score (nSPS) is 14.3. The summed E-state index contributed by atoms with van der Waals surface area (Å²) in [7, 11) is 0. The Kier molecular flexibility index (Phi) is 6.46. The molecule has 1 heterocycles. The van der Waals surface area contributed by atoms with E-state index < -0.39 is 0 Å². The molecular weight excluding hydrogens is 320 g/mol. The van der Waals surface area contributed by atoms with Crippen molar-refractivity contribution in [2.75, 3.05) is 26.2 Å². The third kappa shape index (κ3) is 4.84. The molecule has 0 bridgehead atoms. The Hall–Kier alpha value is -0.780. The lowest BCUT2D eigenvalue weighted by Gasteiger charge is -2.27. The topological polar surface area (TPSA) is 50.4 Å². The third-order valence-corrected chi connectivity index (χ3v) is 3.17. The van der Waals surface area contributed by atoms with Crippen LogP contribution in [0.4, 0.5) is 0 Å². The molecule has 4 nitrogen and oxygen atoms in total. The lowest BCUT2D eigenvalue weighted by Crippen LogP contribution is -2.48. The van der Waals surface area contributed by atoms with Gasteiger partial charge in [0.1, 0.15) is 5.75 Å². The first-order valence-electron chi connectivity index (χ1n) is 5.60. The highest BCUT2D eigenvalue weighted by molar-refractivity contribution is 9.10. The first-order chi connectivity index (χ1) is 8.24. The summed E-state index contributed by atoms with van der Waals surface area (Å²) in [5, 5.41) is 6.01. The highest BCUT2D eigenvalue weighted by Crippen LogP contribution is 2.15. The fourth-order valence-corrected chi connectivity index (χ4v) is 1.75. The summed E-state index contributed by atoms with van der Waals surface area (Å²) in [6, 6.07) is 7.42. The van der Waals surface area contributed by atoms with Gasteiger partial charge in [0.25, 0.3) is 5.91 Å². The second-order valence-corrected chi connectivity index (χ2v) is 4.99. The van der Waals surface area contributed by atoms with Crippen molar-refractivity contribution in [1.82, 2.24) is 10.6 Å². The van der Waals surface area contributed by atoms with Crippen LogP contribution in [0, 0.1) is 5.92 Å². The van der Waals surface area contributed by atoms with Gasteiger partial charge in [-0.2, -0.15) is 0 Å². The second kappa shape index (κ2) is 7.61. The highest BCUT2D eigenvalue weighted by atomic mass is 79.9. The summed E-state index contributed by atoms with van der Waals surface area (Å²) in [5.74, 6) is 1.21. The standard InChI is InChI=1S/C12H15BrN2O2.ClH/c13-10-1-3-11(4-2-10)17-8-12(16)15-7-9-5-14-6-9;/h1-4,9,14H,5-8H2,(H,15,16);1H. The average molecular weight is 336 g/mol. The van der Waals surface area contributed by atoms with E-state index in [2.05, 4.69) is 26.6 Å². The number of rotatable bonds is 5. The highest BCUT2D eigenvalue weighted by Gasteiger charge is 2.17. The van der Waals surface area contributed by atoms with Crippen LogP contribution in [0.3, 0.4) is 0 Å². The Morgan fingerprint density at radius 1 is 1.39 bits per heavy atom. The van der Waals surface area contributed by atoms with Gasteiger partial charge in [0.2, 0.25) is 0 Å². The number of amides is 1. The molecule has 0 atom stereocenters. The monoisotopic (exact) mass is 334 g/mol. The predicted octanol–water partition coefficient (Wildman–Crippen LogP) is 1.59. The van der Waals surface area contributed by atoms with Gasteiger partial charge in [-0.15, -0.1) is 12.4 Å². The minimum Gasteiger partial charge on any atom is -0.484 e. The molecule has 1 saturated heterocycles. The Morgan fingerprint density at radius 2 is 2.06 bits per heavy atom. The zero-order valence-corrected chi connectivity index (χ0v) is 12.2. The van der Waals surface area contributed by atoms with Crippen molar-refractivity contribution in [2.45, 2.75) is 0 Å². The largest absolute Gasteiger partial charge is 0.484 e. The van der Waals surface area contributed by atoms with E-state index in [0.717, 1.165) is 24.1 Å². The van der Waals surface area contributed by atoms with Gasteiger partial charge in [-0.25, -0.2) is 0 Å². The fraction of sp³-hybridized carbons (Fsp3) is 0.417. The van der Waals surface area contributed by atoms with Crippen LogP contribution in [-0.2, 0) is 4.79 Å². The molecule has 1 aromatic rings. The smallest absolute Gasteiger partial charge is 0.257 e. The van der Waals surface area contributed by atoms with E-state index in [-0.39, 0.29) is 24.9 Å². The Balaban J connectivity index is 0.00000162. The first kappa shape index (κ1) is 15.3. The maximum absolute atomic E-state index is 11.5. The van der Waals surface area contributed by atoms with Crippen molar-refractivity contribution in [3.8, 4) is 5.75 Å². The van der Waals surface area contributed by atoms with Gasteiger partial charge in [-0.3, -0.25) is 4.79 Å². The van der Waals surface area contributed by atoms with Gasteiger partial charge in [0.15, 0.2) is 6.61 Å². The van der Waals surface area contributed by atoms with E-state index in [0.29, 0.717) is 11.7 Å². The van der Waals surface area contributed by atoms with Crippen LogP contribution in [0.15, 0.2) is 28.7 Å². The van der Waals surface area contributed by atoms with Gasteiger partial charge >= 0.3 is 0 Å². The molecule has 100 valence electrons. The van der Waals surface area contributed by atoms with Crippen molar-refractivity contribution in [1.29, 1.82) is 0 Å². The number of halogens is 2. The van der Waals surface area contributed by atoms with Gasteiger partial charge in [0.05, 0.1) is 0 Å². The summed E-state index contributed by atoms with van der Waals surface area (Å²) >= 11 is 3.34. The van der Waals surface area contributed by atoms with E-state index in [1.807, 2.05) is 24.3 Å². The molecule has 6 heteroatoms. The molecule has 0 unspecified atom stereocenters. The number of hydrogen-bond donors (Lipinski definition) is 2. The Morgan fingerprint density at radius 3 is 2.61 bits per heavy atom. The van der Waals surface area contributed by atoms with Crippen LogP contribution >= 0.6 is 28.3 Å². The molecule has 0 saturated carbocycles. The summed E-state index contributed by atoms with van der Waals surface area (Å²) < 4.78 is 6.35. The predicted molar refractivity (Wildman–Crippen MR) is 76.3 cm³/mol. The van der Waals surface area contributed by atoms with Gasteiger partial charge in [0, 0.05) is 30.0 Å². The Bertz CT molecular complexity index is 382. The number of nitrogens with one attached hydrogen (secondary N) is 2. The molecular formula is C12H16BrClN2O2.